The lowest BCUT2D eigenvalue weighted by molar-refractivity contribution is 0.274. The Morgan fingerprint density at radius 3 is 3.12 bits per heavy atom. The molecule has 1 aromatic rings. The van der Waals surface area contributed by atoms with Gasteiger partial charge in [0.15, 0.2) is 0 Å². The van der Waals surface area contributed by atoms with E-state index in [1.165, 1.54) is 32.1 Å². The zero-order valence-corrected chi connectivity index (χ0v) is 10.7. The maximum absolute atomic E-state index is 5.79. The largest absolute Gasteiger partial charge is 0.382 e. The van der Waals surface area contributed by atoms with E-state index in [0.717, 1.165) is 24.1 Å². The van der Waals surface area contributed by atoms with E-state index >= 15 is 0 Å². The molecule has 3 N–H and O–H groups in total. The van der Waals surface area contributed by atoms with Crippen LogP contribution in [0.1, 0.15) is 39.0 Å². The van der Waals surface area contributed by atoms with Crippen LogP contribution in [0.5, 0.6) is 0 Å². The average molecular weight is 233 g/mol. The number of nitrogens with one attached hydrogen (secondary N) is 1. The molecular weight excluding hydrogens is 210 g/mol. The van der Waals surface area contributed by atoms with E-state index in [0.29, 0.717) is 5.82 Å². The first kappa shape index (κ1) is 12.2. The highest BCUT2D eigenvalue weighted by molar-refractivity contribution is 5.60. The molecule has 3 heteroatoms. The summed E-state index contributed by atoms with van der Waals surface area (Å²) in [6, 6.07) is 3.91. The van der Waals surface area contributed by atoms with E-state index in [1.54, 1.807) is 6.20 Å². The lowest BCUT2D eigenvalue weighted by Gasteiger charge is -2.26. The van der Waals surface area contributed by atoms with Crippen LogP contribution in [0.25, 0.3) is 0 Å². The molecule has 2 unspecified atom stereocenters. The Labute approximate surface area is 104 Å². The molecule has 0 amide bonds. The number of nitrogens with two attached hydrogens (primary N) is 1. The molecule has 1 fully saturated rings. The van der Waals surface area contributed by atoms with Crippen molar-refractivity contribution in [2.24, 2.45) is 11.8 Å². The molecule has 17 heavy (non-hydrogen) atoms. The number of rotatable bonds is 4. The first-order chi connectivity index (χ1) is 8.25. The molecule has 94 valence electrons. The molecule has 3 nitrogen and oxygen atoms in total. The molecule has 1 aliphatic carbocycles. The molecule has 1 aromatic heterocycles. The van der Waals surface area contributed by atoms with Crippen molar-refractivity contribution in [3.05, 3.63) is 18.3 Å². The van der Waals surface area contributed by atoms with Crippen molar-refractivity contribution in [2.75, 3.05) is 17.6 Å². The zero-order chi connectivity index (χ0) is 12.1. The standard InChI is InChI=1S/C14H23N3/c1-11-4-2-5-12(10-11)7-9-16-13-6-3-8-17-14(13)15/h3,6,8,11-12,16H,2,4-5,7,9-10H2,1H3,(H2,15,17). The van der Waals surface area contributed by atoms with Gasteiger partial charge in [0.25, 0.3) is 0 Å². The van der Waals surface area contributed by atoms with Crippen LogP contribution in [0, 0.1) is 11.8 Å². The topological polar surface area (TPSA) is 50.9 Å². The van der Waals surface area contributed by atoms with Crippen molar-refractivity contribution in [2.45, 2.75) is 39.0 Å². The van der Waals surface area contributed by atoms with Crippen molar-refractivity contribution < 1.29 is 0 Å². The van der Waals surface area contributed by atoms with Gasteiger partial charge in [-0.15, -0.1) is 0 Å². The Kier molecular flexibility index (Phi) is 4.24. The van der Waals surface area contributed by atoms with Gasteiger partial charge >= 0.3 is 0 Å². The molecule has 2 atom stereocenters. The molecule has 0 saturated heterocycles. The predicted molar refractivity (Wildman–Crippen MR) is 72.9 cm³/mol. The van der Waals surface area contributed by atoms with Crippen LogP contribution in [-0.4, -0.2) is 11.5 Å². The highest BCUT2D eigenvalue weighted by Gasteiger charge is 2.18. The molecule has 1 aliphatic rings. The van der Waals surface area contributed by atoms with E-state index in [-0.39, 0.29) is 0 Å². The average Bonchev–Trinajstić information content (AvgIpc) is 2.32. The number of nitrogens with zero attached hydrogens (tertiary/aromatic N) is 1. The quantitative estimate of drug-likeness (QED) is 0.839. The van der Waals surface area contributed by atoms with E-state index < -0.39 is 0 Å². The van der Waals surface area contributed by atoms with Crippen molar-refractivity contribution in [1.82, 2.24) is 4.98 Å². The van der Waals surface area contributed by atoms with Crippen molar-refractivity contribution >= 4 is 11.5 Å². The fourth-order valence-electron chi connectivity index (χ4n) is 2.80. The third-order valence-corrected chi connectivity index (χ3v) is 3.75. The van der Waals surface area contributed by atoms with E-state index in [1.807, 2.05) is 12.1 Å². The fourth-order valence-corrected chi connectivity index (χ4v) is 2.80. The normalized spacial score (nSPS) is 24.5. The molecular formula is C14H23N3. The Hall–Kier alpha value is -1.25. The number of pyridine rings is 1. The molecule has 0 aromatic carbocycles. The summed E-state index contributed by atoms with van der Waals surface area (Å²) in [6.45, 7) is 3.38. The first-order valence-electron chi connectivity index (χ1n) is 6.70. The predicted octanol–water partition coefficient (Wildman–Crippen LogP) is 3.29. The van der Waals surface area contributed by atoms with Gasteiger partial charge in [-0.25, -0.2) is 4.98 Å². The Bertz CT molecular complexity index is 351. The summed E-state index contributed by atoms with van der Waals surface area (Å²) in [7, 11) is 0. The van der Waals surface area contributed by atoms with Gasteiger partial charge in [-0.05, 0) is 36.8 Å². The van der Waals surface area contributed by atoms with Crippen LogP contribution in [0.4, 0.5) is 11.5 Å². The van der Waals surface area contributed by atoms with Crippen LogP contribution in [0.2, 0.25) is 0 Å². The molecule has 0 spiro atoms. The summed E-state index contributed by atoms with van der Waals surface area (Å²) in [5.74, 6) is 2.41. The SMILES string of the molecule is CC1CCCC(CCNc2cccnc2N)C1. The second kappa shape index (κ2) is 5.89. The summed E-state index contributed by atoms with van der Waals surface area (Å²) in [6.07, 6.45) is 8.58. The van der Waals surface area contributed by atoms with E-state index in [9.17, 15) is 0 Å². The summed E-state index contributed by atoms with van der Waals surface area (Å²) < 4.78 is 0. The minimum atomic E-state index is 0.601. The summed E-state index contributed by atoms with van der Waals surface area (Å²) in [5.41, 5.74) is 6.76. The minimum Gasteiger partial charge on any atom is -0.382 e. The van der Waals surface area contributed by atoms with Gasteiger partial charge in [-0.1, -0.05) is 26.2 Å². The van der Waals surface area contributed by atoms with Gasteiger partial charge in [0.1, 0.15) is 5.82 Å². The maximum Gasteiger partial charge on any atom is 0.146 e. The second-order valence-corrected chi connectivity index (χ2v) is 5.29. The Morgan fingerprint density at radius 1 is 1.47 bits per heavy atom. The van der Waals surface area contributed by atoms with E-state index in [4.69, 9.17) is 5.73 Å². The molecule has 0 radical (unpaired) electrons. The van der Waals surface area contributed by atoms with E-state index in [2.05, 4.69) is 17.2 Å². The van der Waals surface area contributed by atoms with Crippen molar-refractivity contribution in [3.8, 4) is 0 Å². The highest BCUT2D eigenvalue weighted by atomic mass is 14.9. The van der Waals surface area contributed by atoms with Gasteiger partial charge in [0, 0.05) is 12.7 Å². The lowest BCUT2D eigenvalue weighted by atomic mass is 9.81. The van der Waals surface area contributed by atoms with Crippen LogP contribution >= 0.6 is 0 Å². The number of aromatic nitrogens is 1. The van der Waals surface area contributed by atoms with Crippen molar-refractivity contribution in [1.29, 1.82) is 0 Å². The molecule has 1 saturated carbocycles. The van der Waals surface area contributed by atoms with Gasteiger partial charge in [-0.2, -0.15) is 0 Å². The Morgan fingerprint density at radius 2 is 2.35 bits per heavy atom. The smallest absolute Gasteiger partial charge is 0.146 e. The third-order valence-electron chi connectivity index (χ3n) is 3.75. The Balaban J connectivity index is 1.74. The molecule has 2 rings (SSSR count). The zero-order valence-electron chi connectivity index (χ0n) is 10.7. The fraction of sp³-hybridized carbons (Fsp3) is 0.643. The number of nitrogen functional groups attached to an aromatic ring is 1. The minimum absolute atomic E-state index is 0.601. The second-order valence-electron chi connectivity index (χ2n) is 5.29. The van der Waals surface area contributed by atoms with Gasteiger partial charge in [0.2, 0.25) is 0 Å². The number of hydrogen-bond donors (Lipinski definition) is 2. The monoisotopic (exact) mass is 233 g/mol. The molecule has 1 heterocycles. The van der Waals surface area contributed by atoms with Gasteiger partial charge < -0.3 is 11.1 Å². The molecule has 0 bridgehead atoms. The lowest BCUT2D eigenvalue weighted by Crippen LogP contribution is -2.17. The van der Waals surface area contributed by atoms with Crippen LogP contribution in [0.3, 0.4) is 0 Å². The maximum atomic E-state index is 5.79. The highest BCUT2D eigenvalue weighted by Crippen LogP contribution is 2.30. The van der Waals surface area contributed by atoms with Crippen LogP contribution in [-0.2, 0) is 0 Å². The van der Waals surface area contributed by atoms with Gasteiger partial charge in [0.05, 0.1) is 5.69 Å². The van der Waals surface area contributed by atoms with Crippen LogP contribution in [0.15, 0.2) is 18.3 Å². The molecule has 0 aliphatic heterocycles. The van der Waals surface area contributed by atoms with Crippen molar-refractivity contribution in [3.63, 3.8) is 0 Å². The van der Waals surface area contributed by atoms with Gasteiger partial charge in [-0.3, -0.25) is 0 Å². The first-order valence-corrected chi connectivity index (χ1v) is 6.70. The summed E-state index contributed by atoms with van der Waals surface area (Å²) >= 11 is 0. The summed E-state index contributed by atoms with van der Waals surface area (Å²) in [5, 5.41) is 3.39. The van der Waals surface area contributed by atoms with Crippen LogP contribution < -0.4 is 11.1 Å². The summed E-state index contributed by atoms with van der Waals surface area (Å²) in [4.78, 5) is 4.07. The number of hydrogen-bond acceptors (Lipinski definition) is 3. The third kappa shape index (κ3) is 3.62. The number of anilines is 2.